The average molecular weight is 455 g/mol. The highest BCUT2D eigenvalue weighted by Crippen LogP contribution is 2.37. The summed E-state index contributed by atoms with van der Waals surface area (Å²) in [5.74, 6) is -0.361. The van der Waals surface area contributed by atoms with E-state index in [4.69, 9.17) is 18.9 Å². The third-order valence-electron chi connectivity index (χ3n) is 5.06. The maximum atomic E-state index is 11.0. The van der Waals surface area contributed by atoms with Gasteiger partial charge in [0.05, 0.1) is 34.2 Å². The van der Waals surface area contributed by atoms with Crippen LogP contribution in [0.15, 0.2) is 0 Å². The molecule has 0 bridgehead atoms. The Kier molecular flexibility index (Phi) is 17.0. The second-order valence-corrected chi connectivity index (χ2v) is 9.82. The number of nitrogens with zero attached hydrogens (tertiary/aromatic N) is 1. The standard InChI is InChI=1S/C21H44NO7P/c1-6-18(2)13-16-27-14-11-9-7-8-10-12-15-28-30(26)29-19(17-20(23)24)21(25)22(3,4)5/h18-19,21,25-26H,6-17H2,1-5H3/p+1. The predicted molar refractivity (Wildman–Crippen MR) is 119 cm³/mol. The molecule has 0 aliphatic heterocycles. The van der Waals surface area contributed by atoms with E-state index in [2.05, 4.69) is 13.8 Å². The van der Waals surface area contributed by atoms with Gasteiger partial charge in [0.25, 0.3) is 0 Å². The van der Waals surface area contributed by atoms with Gasteiger partial charge in [-0.15, -0.1) is 0 Å². The number of unbranched alkanes of at least 4 members (excludes halogenated alkanes) is 5. The van der Waals surface area contributed by atoms with Crippen LogP contribution in [0.4, 0.5) is 0 Å². The number of hydrogen-bond donors (Lipinski definition) is 3. The molecule has 0 heterocycles. The quantitative estimate of drug-likeness (QED) is 0.111. The van der Waals surface area contributed by atoms with E-state index in [-0.39, 0.29) is 4.48 Å². The van der Waals surface area contributed by atoms with Crippen molar-refractivity contribution >= 4 is 14.6 Å². The number of rotatable bonds is 20. The fraction of sp³-hybridized carbons (Fsp3) is 0.952. The van der Waals surface area contributed by atoms with Crippen molar-refractivity contribution in [2.45, 2.75) is 84.0 Å². The minimum absolute atomic E-state index is 0.101. The van der Waals surface area contributed by atoms with Gasteiger partial charge in [0.15, 0.2) is 6.10 Å². The molecule has 30 heavy (non-hydrogen) atoms. The van der Waals surface area contributed by atoms with Crippen molar-refractivity contribution in [3.63, 3.8) is 0 Å². The Morgan fingerprint density at radius 3 is 2.10 bits per heavy atom. The minimum atomic E-state index is -2.22. The molecule has 4 unspecified atom stereocenters. The summed E-state index contributed by atoms with van der Waals surface area (Å²) in [6, 6.07) is 0. The monoisotopic (exact) mass is 454 g/mol. The van der Waals surface area contributed by atoms with Gasteiger partial charge < -0.3 is 28.9 Å². The van der Waals surface area contributed by atoms with Crippen LogP contribution in [0, 0.1) is 5.92 Å². The molecule has 0 amide bonds. The molecule has 0 saturated carbocycles. The van der Waals surface area contributed by atoms with E-state index in [0.717, 1.165) is 64.1 Å². The summed E-state index contributed by atoms with van der Waals surface area (Å²) in [7, 11) is 2.95. The normalized spacial score (nSPS) is 16.2. The van der Waals surface area contributed by atoms with Crippen molar-refractivity contribution in [2.24, 2.45) is 5.92 Å². The van der Waals surface area contributed by atoms with Gasteiger partial charge in [0.1, 0.15) is 0 Å². The Morgan fingerprint density at radius 1 is 1.00 bits per heavy atom. The van der Waals surface area contributed by atoms with Crippen molar-refractivity contribution in [1.82, 2.24) is 0 Å². The van der Waals surface area contributed by atoms with Crippen LogP contribution in [0.25, 0.3) is 0 Å². The van der Waals surface area contributed by atoms with Crippen LogP contribution < -0.4 is 0 Å². The van der Waals surface area contributed by atoms with E-state index in [1.807, 2.05) is 0 Å². The highest BCUT2D eigenvalue weighted by molar-refractivity contribution is 7.40. The van der Waals surface area contributed by atoms with Crippen molar-refractivity contribution in [2.75, 3.05) is 41.0 Å². The second-order valence-electron chi connectivity index (χ2n) is 8.88. The molecule has 0 radical (unpaired) electrons. The van der Waals surface area contributed by atoms with Gasteiger partial charge in [-0.05, 0) is 25.2 Å². The molecule has 4 atom stereocenters. The Morgan fingerprint density at radius 2 is 1.57 bits per heavy atom. The lowest BCUT2D eigenvalue weighted by Crippen LogP contribution is -2.52. The average Bonchev–Trinajstić information content (AvgIpc) is 2.66. The topological polar surface area (TPSA) is 105 Å². The maximum absolute atomic E-state index is 11.0. The summed E-state index contributed by atoms with van der Waals surface area (Å²) in [5.41, 5.74) is 0. The number of aliphatic hydroxyl groups is 1. The Hall–Kier alpha value is -0.340. The molecule has 0 spiro atoms. The van der Waals surface area contributed by atoms with E-state index in [1.165, 1.54) is 6.42 Å². The molecular weight excluding hydrogens is 409 g/mol. The van der Waals surface area contributed by atoms with Gasteiger partial charge in [0, 0.05) is 13.2 Å². The summed E-state index contributed by atoms with van der Waals surface area (Å²) in [4.78, 5) is 20.9. The summed E-state index contributed by atoms with van der Waals surface area (Å²) >= 11 is 0. The first-order valence-electron chi connectivity index (χ1n) is 11.1. The van der Waals surface area contributed by atoms with E-state index in [9.17, 15) is 14.8 Å². The number of carbonyl (C=O) groups is 1. The highest BCUT2D eigenvalue weighted by Gasteiger charge is 2.35. The molecule has 3 N–H and O–H groups in total. The number of likely N-dealkylation sites (N-methyl/N-ethyl adjacent to an activating group) is 1. The molecule has 180 valence electrons. The highest BCUT2D eigenvalue weighted by atomic mass is 31.2. The number of aliphatic carboxylic acids is 1. The number of hydrogen-bond acceptors (Lipinski definition) is 6. The molecule has 8 nitrogen and oxygen atoms in total. The number of carboxylic acid groups (broad SMARTS) is 1. The number of quaternary nitrogens is 1. The Bertz CT molecular complexity index is 434. The van der Waals surface area contributed by atoms with E-state index >= 15 is 0 Å². The lowest BCUT2D eigenvalue weighted by atomic mass is 10.1. The zero-order valence-corrected chi connectivity index (χ0v) is 20.5. The first-order chi connectivity index (χ1) is 14.1. The number of carboxylic acids is 1. The zero-order valence-electron chi connectivity index (χ0n) is 19.6. The summed E-state index contributed by atoms with van der Waals surface area (Å²) < 4.78 is 16.3. The molecule has 0 rings (SSSR count). The van der Waals surface area contributed by atoms with E-state index in [1.54, 1.807) is 21.1 Å². The molecule has 0 aromatic carbocycles. The fourth-order valence-corrected chi connectivity index (χ4v) is 3.52. The lowest BCUT2D eigenvalue weighted by Gasteiger charge is -2.34. The molecule has 0 aromatic heterocycles. The SMILES string of the molecule is CCC(C)CCOCCCCCCCCOP(O)OC(CC(=O)O)C(O)[N+](C)(C)C. The van der Waals surface area contributed by atoms with Gasteiger partial charge in [-0.2, -0.15) is 0 Å². The van der Waals surface area contributed by atoms with Crippen LogP contribution in [0.2, 0.25) is 0 Å². The summed E-state index contributed by atoms with van der Waals surface area (Å²) in [6.45, 7) is 6.50. The van der Waals surface area contributed by atoms with Crippen LogP contribution in [0.1, 0.15) is 71.6 Å². The molecule has 9 heteroatoms. The molecule has 0 aliphatic rings. The molecule has 0 saturated heterocycles. The van der Waals surface area contributed by atoms with Crippen LogP contribution in [0.5, 0.6) is 0 Å². The van der Waals surface area contributed by atoms with Crippen LogP contribution in [-0.4, -0.2) is 78.9 Å². The minimum Gasteiger partial charge on any atom is -0.481 e. The molecule has 0 aliphatic carbocycles. The van der Waals surface area contributed by atoms with Gasteiger partial charge in [-0.25, -0.2) is 0 Å². The van der Waals surface area contributed by atoms with Gasteiger partial charge in [-0.1, -0.05) is 46.0 Å². The number of aliphatic hydroxyl groups excluding tert-OH is 1. The largest absolute Gasteiger partial charge is 0.481 e. The van der Waals surface area contributed by atoms with Gasteiger partial charge in [0.2, 0.25) is 6.23 Å². The van der Waals surface area contributed by atoms with Crippen molar-refractivity contribution in [1.29, 1.82) is 0 Å². The van der Waals surface area contributed by atoms with Crippen molar-refractivity contribution in [3.05, 3.63) is 0 Å². The second kappa shape index (κ2) is 17.2. The maximum Gasteiger partial charge on any atom is 0.330 e. The van der Waals surface area contributed by atoms with Crippen molar-refractivity contribution in [3.8, 4) is 0 Å². The van der Waals surface area contributed by atoms with E-state index < -0.39 is 33.3 Å². The third-order valence-corrected chi connectivity index (χ3v) is 5.92. The van der Waals surface area contributed by atoms with Crippen LogP contribution >= 0.6 is 8.60 Å². The summed E-state index contributed by atoms with van der Waals surface area (Å²) in [5, 5.41) is 19.3. The molecular formula is C21H45NO7P+. The predicted octanol–water partition coefficient (Wildman–Crippen LogP) is 3.90. The van der Waals surface area contributed by atoms with Crippen LogP contribution in [0.3, 0.4) is 0 Å². The third kappa shape index (κ3) is 16.4. The zero-order chi connectivity index (χ0) is 23.0. The van der Waals surface area contributed by atoms with Gasteiger partial charge >= 0.3 is 14.6 Å². The first kappa shape index (κ1) is 29.7. The Labute approximate surface area is 184 Å². The van der Waals surface area contributed by atoms with Crippen LogP contribution in [-0.2, 0) is 18.6 Å². The van der Waals surface area contributed by atoms with Crippen molar-refractivity contribution < 1.29 is 38.2 Å². The first-order valence-corrected chi connectivity index (χ1v) is 12.3. The number of ether oxygens (including phenoxy) is 1. The fourth-order valence-electron chi connectivity index (χ4n) is 2.76. The van der Waals surface area contributed by atoms with Gasteiger partial charge in [-0.3, -0.25) is 9.32 Å². The van der Waals surface area contributed by atoms with E-state index in [0.29, 0.717) is 6.61 Å². The summed E-state index contributed by atoms with van der Waals surface area (Å²) in [6.07, 6.45) is 6.11. The molecule has 0 fully saturated rings. The Balaban J connectivity index is 3.76. The molecule has 0 aromatic rings. The smallest absolute Gasteiger partial charge is 0.330 e. The lowest BCUT2D eigenvalue weighted by molar-refractivity contribution is -0.922.